The number of allylic oxidation sites excluding steroid dienone is 1. The van der Waals surface area contributed by atoms with Crippen molar-refractivity contribution >= 4 is 12.1 Å². The Morgan fingerprint density at radius 1 is 1.00 bits per heavy atom. The maximum atomic E-state index is 12.5. The van der Waals surface area contributed by atoms with E-state index in [1.54, 1.807) is 6.92 Å². The zero-order valence-electron chi connectivity index (χ0n) is 20.5. The van der Waals surface area contributed by atoms with Crippen LogP contribution in [0, 0.1) is 5.92 Å². The minimum absolute atomic E-state index is 0.0387. The van der Waals surface area contributed by atoms with Crippen LogP contribution in [0.5, 0.6) is 0 Å². The summed E-state index contributed by atoms with van der Waals surface area (Å²) in [6.07, 6.45) is 2.15. The molecule has 0 saturated carbocycles. The van der Waals surface area contributed by atoms with Crippen molar-refractivity contribution in [2.75, 3.05) is 6.61 Å². The molecule has 0 fully saturated rings. The first-order valence-corrected chi connectivity index (χ1v) is 11.6. The summed E-state index contributed by atoms with van der Waals surface area (Å²) in [7, 11) is 0. The summed E-state index contributed by atoms with van der Waals surface area (Å²) in [6.45, 7) is 11.6. The lowest BCUT2D eigenvalue weighted by Gasteiger charge is -2.21. The van der Waals surface area contributed by atoms with Gasteiger partial charge in [-0.2, -0.15) is 0 Å². The molecule has 3 rings (SSSR count). The molecule has 0 unspecified atom stereocenters. The fraction of sp³-hybridized carbons (Fsp3) is 0.429. The predicted molar refractivity (Wildman–Crippen MR) is 131 cm³/mol. The van der Waals surface area contributed by atoms with E-state index in [0.717, 1.165) is 0 Å². The molecule has 2 aromatic carbocycles. The third-order valence-corrected chi connectivity index (χ3v) is 5.69. The highest BCUT2D eigenvalue weighted by Crippen LogP contribution is 2.44. The zero-order valence-corrected chi connectivity index (χ0v) is 20.5. The van der Waals surface area contributed by atoms with Gasteiger partial charge >= 0.3 is 12.1 Å². The Morgan fingerprint density at radius 2 is 1.55 bits per heavy atom. The molecule has 2 atom stereocenters. The van der Waals surface area contributed by atoms with Gasteiger partial charge in [0.15, 0.2) is 0 Å². The monoisotopic (exact) mass is 449 g/mol. The Balaban J connectivity index is 1.52. The van der Waals surface area contributed by atoms with E-state index in [1.807, 2.05) is 65.0 Å². The maximum absolute atomic E-state index is 12.5. The molecule has 0 radical (unpaired) electrons. The molecule has 1 aliphatic carbocycles. The third kappa shape index (κ3) is 6.47. The first-order valence-electron chi connectivity index (χ1n) is 11.6. The molecule has 1 N–H and O–H groups in total. The van der Waals surface area contributed by atoms with Crippen LogP contribution in [0.1, 0.15) is 65.0 Å². The number of rotatable bonds is 7. The Bertz CT molecular complexity index is 989. The molecule has 5 heteroatoms. The number of nitrogens with one attached hydrogen (secondary N) is 1. The summed E-state index contributed by atoms with van der Waals surface area (Å²) in [4.78, 5) is 24.6. The second-order valence-electron chi connectivity index (χ2n) is 9.94. The van der Waals surface area contributed by atoms with Crippen LogP contribution in [0.4, 0.5) is 4.79 Å². The highest BCUT2D eigenvalue weighted by molar-refractivity contribution is 5.88. The van der Waals surface area contributed by atoms with Gasteiger partial charge in [0, 0.05) is 17.5 Å². The normalized spacial score (nSPS) is 15.3. The summed E-state index contributed by atoms with van der Waals surface area (Å²) in [5.74, 6) is -0.176. The average molecular weight is 450 g/mol. The van der Waals surface area contributed by atoms with Gasteiger partial charge in [0.05, 0.1) is 0 Å². The fourth-order valence-corrected chi connectivity index (χ4v) is 4.38. The van der Waals surface area contributed by atoms with Gasteiger partial charge in [-0.25, -0.2) is 9.59 Å². The molecule has 0 spiro atoms. The van der Waals surface area contributed by atoms with Crippen molar-refractivity contribution in [2.45, 2.75) is 65.5 Å². The van der Waals surface area contributed by atoms with Crippen LogP contribution in [0.25, 0.3) is 11.1 Å². The van der Waals surface area contributed by atoms with Gasteiger partial charge in [0.1, 0.15) is 12.2 Å². The van der Waals surface area contributed by atoms with Gasteiger partial charge in [-0.15, -0.1) is 0 Å². The first kappa shape index (κ1) is 24.6. The van der Waals surface area contributed by atoms with Crippen LogP contribution in [0.2, 0.25) is 0 Å². The lowest BCUT2D eigenvalue weighted by molar-refractivity contribution is -0.149. The molecule has 1 aliphatic rings. The number of fused-ring (bicyclic) bond motifs is 3. The van der Waals surface area contributed by atoms with E-state index >= 15 is 0 Å². The molecule has 5 nitrogen and oxygen atoms in total. The highest BCUT2D eigenvalue weighted by atomic mass is 16.6. The van der Waals surface area contributed by atoms with Gasteiger partial charge in [-0.3, -0.25) is 0 Å². The standard InChI is InChI=1S/C28H35NO4/c1-18(15-19(2)26(30)33-28(4,5)6)16-20(3)29-27(31)32-17-25-23-13-9-7-11-21(23)22-12-8-10-14-24(22)25/h7-15,18,20,25H,16-17H2,1-6H3,(H,29,31)/b19-15+/t18-,20+/m0/s1. The molecule has 0 saturated heterocycles. The molecular formula is C28H35NO4. The molecule has 176 valence electrons. The summed E-state index contributed by atoms with van der Waals surface area (Å²) in [6, 6.07) is 16.5. The number of hydrogen-bond donors (Lipinski definition) is 1. The van der Waals surface area contributed by atoms with Crippen molar-refractivity contribution in [3.05, 3.63) is 71.3 Å². The Hall–Kier alpha value is -3.08. The maximum Gasteiger partial charge on any atom is 0.407 e. The minimum Gasteiger partial charge on any atom is -0.457 e. The Kier molecular flexibility index (Phi) is 7.62. The molecule has 0 aliphatic heterocycles. The molecule has 33 heavy (non-hydrogen) atoms. The number of carbonyl (C=O) groups is 2. The number of ether oxygens (including phenoxy) is 2. The lowest BCUT2D eigenvalue weighted by atomic mass is 9.98. The summed E-state index contributed by atoms with van der Waals surface area (Å²) >= 11 is 0. The van der Waals surface area contributed by atoms with Crippen LogP contribution in [-0.4, -0.2) is 30.3 Å². The SMILES string of the molecule is C/C(=C\[C@H](C)C[C@@H](C)NC(=O)OCC1c2ccccc2-c2ccccc21)C(=O)OC(C)(C)C. The summed E-state index contributed by atoms with van der Waals surface area (Å²) in [5.41, 5.74) is 4.85. The largest absolute Gasteiger partial charge is 0.457 e. The Labute approximate surface area is 197 Å². The van der Waals surface area contributed by atoms with Crippen molar-refractivity contribution in [1.29, 1.82) is 0 Å². The fourth-order valence-electron chi connectivity index (χ4n) is 4.38. The van der Waals surface area contributed by atoms with E-state index in [0.29, 0.717) is 18.6 Å². The van der Waals surface area contributed by atoms with Crippen LogP contribution in [-0.2, 0) is 14.3 Å². The van der Waals surface area contributed by atoms with E-state index in [9.17, 15) is 9.59 Å². The van der Waals surface area contributed by atoms with Crippen molar-refractivity contribution in [2.24, 2.45) is 5.92 Å². The minimum atomic E-state index is -0.519. The topological polar surface area (TPSA) is 64.6 Å². The third-order valence-electron chi connectivity index (χ3n) is 5.69. The second-order valence-corrected chi connectivity index (χ2v) is 9.94. The van der Waals surface area contributed by atoms with Crippen LogP contribution >= 0.6 is 0 Å². The van der Waals surface area contributed by atoms with E-state index in [-0.39, 0.29) is 23.8 Å². The lowest BCUT2D eigenvalue weighted by Crippen LogP contribution is -2.34. The second kappa shape index (κ2) is 10.2. The van der Waals surface area contributed by atoms with Gasteiger partial charge in [-0.1, -0.05) is 61.5 Å². The van der Waals surface area contributed by atoms with Crippen molar-refractivity contribution in [3.63, 3.8) is 0 Å². The van der Waals surface area contributed by atoms with E-state index in [1.165, 1.54) is 22.3 Å². The average Bonchev–Trinajstić information content (AvgIpc) is 3.04. The van der Waals surface area contributed by atoms with Crippen molar-refractivity contribution < 1.29 is 19.1 Å². The molecule has 0 heterocycles. The van der Waals surface area contributed by atoms with Crippen molar-refractivity contribution in [3.8, 4) is 11.1 Å². The van der Waals surface area contributed by atoms with Crippen molar-refractivity contribution in [1.82, 2.24) is 5.32 Å². The summed E-state index contributed by atoms with van der Waals surface area (Å²) < 4.78 is 11.0. The van der Waals surface area contributed by atoms with Gasteiger partial charge in [0.25, 0.3) is 0 Å². The molecule has 2 aromatic rings. The van der Waals surface area contributed by atoms with E-state index in [4.69, 9.17) is 9.47 Å². The predicted octanol–water partition coefficient (Wildman–Crippen LogP) is 6.23. The van der Waals surface area contributed by atoms with Crippen LogP contribution < -0.4 is 5.32 Å². The smallest absolute Gasteiger partial charge is 0.407 e. The van der Waals surface area contributed by atoms with Gasteiger partial charge < -0.3 is 14.8 Å². The van der Waals surface area contributed by atoms with E-state index in [2.05, 4.69) is 29.6 Å². The van der Waals surface area contributed by atoms with Gasteiger partial charge in [-0.05, 0) is 69.2 Å². The number of esters is 1. The number of amides is 1. The molecule has 0 bridgehead atoms. The Morgan fingerprint density at radius 3 is 2.09 bits per heavy atom. The number of alkyl carbamates (subject to hydrolysis) is 1. The zero-order chi connectivity index (χ0) is 24.2. The quantitative estimate of drug-likeness (QED) is 0.402. The van der Waals surface area contributed by atoms with Crippen LogP contribution in [0.15, 0.2) is 60.2 Å². The first-order chi connectivity index (χ1) is 15.5. The molecule has 1 amide bonds. The number of benzene rings is 2. The molecular weight excluding hydrogens is 414 g/mol. The highest BCUT2D eigenvalue weighted by Gasteiger charge is 2.29. The van der Waals surface area contributed by atoms with Crippen LogP contribution in [0.3, 0.4) is 0 Å². The molecule has 0 aromatic heterocycles. The number of hydrogen-bond acceptors (Lipinski definition) is 4. The number of carbonyl (C=O) groups excluding carboxylic acids is 2. The van der Waals surface area contributed by atoms with Gasteiger partial charge in [0.2, 0.25) is 0 Å². The summed E-state index contributed by atoms with van der Waals surface area (Å²) in [5, 5.41) is 2.92. The van der Waals surface area contributed by atoms with E-state index < -0.39 is 11.7 Å².